The minimum Gasteiger partial charge on any atom is -0.487 e. The Bertz CT molecular complexity index is 974. The minimum absolute atomic E-state index is 0.191. The van der Waals surface area contributed by atoms with Gasteiger partial charge in [-0.2, -0.15) is 0 Å². The molecule has 28 heavy (non-hydrogen) atoms. The summed E-state index contributed by atoms with van der Waals surface area (Å²) in [5, 5.41) is 4.79. The van der Waals surface area contributed by atoms with Crippen LogP contribution in [0.4, 0.5) is 0 Å². The molecule has 0 N–H and O–H groups in total. The highest BCUT2D eigenvalue weighted by Crippen LogP contribution is 2.25. The number of nitrogens with zero attached hydrogens (tertiary/aromatic N) is 1. The van der Waals surface area contributed by atoms with Gasteiger partial charge in [-0.15, -0.1) is 0 Å². The molecule has 1 heterocycles. The fraction of sp³-hybridized carbons (Fsp3) is 0.286. The second kappa shape index (κ2) is 8.56. The Hall–Kier alpha value is -3.35. The first-order valence-electron chi connectivity index (χ1n) is 8.98. The van der Waals surface area contributed by atoms with Crippen molar-refractivity contribution in [1.29, 1.82) is 0 Å². The molecule has 2 aromatic carbocycles. The van der Waals surface area contributed by atoms with E-state index < -0.39 is 0 Å². The summed E-state index contributed by atoms with van der Waals surface area (Å²) in [5.74, 6) is 0.0971. The molecule has 0 atom stereocenters. The van der Waals surface area contributed by atoms with Crippen LogP contribution in [0.3, 0.4) is 0 Å². The lowest BCUT2D eigenvalue weighted by Gasteiger charge is -2.07. The van der Waals surface area contributed by atoms with E-state index in [4.69, 9.17) is 18.7 Å². The van der Waals surface area contributed by atoms with Gasteiger partial charge < -0.3 is 18.7 Å². The van der Waals surface area contributed by atoms with Gasteiger partial charge in [-0.25, -0.2) is 4.79 Å². The van der Waals surface area contributed by atoms with Crippen LogP contribution in [-0.2, 0) is 16.1 Å². The highest BCUT2D eigenvalue weighted by molar-refractivity contribution is 5.89. The van der Waals surface area contributed by atoms with E-state index in [0.717, 1.165) is 5.39 Å². The molecule has 0 spiro atoms. The van der Waals surface area contributed by atoms with E-state index >= 15 is 0 Å². The average molecular weight is 383 g/mol. The lowest BCUT2D eigenvalue weighted by atomic mass is 10.2. The maximum Gasteiger partial charge on any atom is 0.338 e. The van der Waals surface area contributed by atoms with E-state index in [1.165, 1.54) is 0 Å². The first-order chi connectivity index (χ1) is 13.5. The Kier molecular flexibility index (Phi) is 5.93. The third-order valence-electron chi connectivity index (χ3n) is 3.95. The van der Waals surface area contributed by atoms with Crippen molar-refractivity contribution in [2.24, 2.45) is 5.92 Å². The molecule has 0 radical (unpaired) electrons. The molecule has 1 aromatic heterocycles. The summed E-state index contributed by atoms with van der Waals surface area (Å²) in [4.78, 5) is 23.4. The molecule has 0 aliphatic heterocycles. The Balaban J connectivity index is 1.66. The number of ether oxygens (including phenoxy) is 3. The largest absolute Gasteiger partial charge is 0.487 e. The molecular formula is C21H21NO6. The van der Waals surface area contributed by atoms with Gasteiger partial charge in [0.1, 0.15) is 23.8 Å². The molecule has 0 amide bonds. The van der Waals surface area contributed by atoms with Crippen molar-refractivity contribution in [3.05, 3.63) is 53.7 Å². The molecule has 0 unspecified atom stereocenters. The van der Waals surface area contributed by atoms with E-state index in [9.17, 15) is 9.59 Å². The minimum atomic E-state index is -0.370. The number of rotatable bonds is 7. The van der Waals surface area contributed by atoms with Gasteiger partial charge in [0, 0.05) is 11.5 Å². The van der Waals surface area contributed by atoms with E-state index in [2.05, 4.69) is 5.16 Å². The fourth-order valence-electron chi connectivity index (χ4n) is 2.43. The van der Waals surface area contributed by atoms with Gasteiger partial charge in [0.05, 0.1) is 18.1 Å². The van der Waals surface area contributed by atoms with Crippen molar-refractivity contribution >= 4 is 22.9 Å². The van der Waals surface area contributed by atoms with Crippen LogP contribution in [0.15, 0.2) is 47.0 Å². The SMILES string of the molecule is CCOC(=O)c1ccc(OCc2noc3cc(OC(=O)C(C)C)ccc23)cc1. The van der Waals surface area contributed by atoms with Gasteiger partial charge in [-0.3, -0.25) is 4.79 Å². The predicted molar refractivity (Wildman–Crippen MR) is 101 cm³/mol. The maximum atomic E-state index is 11.7. The van der Waals surface area contributed by atoms with Crippen LogP contribution in [0.5, 0.6) is 11.5 Å². The lowest BCUT2D eigenvalue weighted by molar-refractivity contribution is -0.137. The number of carbonyl (C=O) groups is 2. The van der Waals surface area contributed by atoms with Gasteiger partial charge in [0.15, 0.2) is 5.58 Å². The number of benzene rings is 2. The quantitative estimate of drug-likeness (QED) is 0.447. The molecule has 0 saturated carbocycles. The third-order valence-corrected chi connectivity index (χ3v) is 3.95. The van der Waals surface area contributed by atoms with Crippen LogP contribution < -0.4 is 9.47 Å². The molecule has 7 nitrogen and oxygen atoms in total. The van der Waals surface area contributed by atoms with Crippen LogP contribution in [-0.4, -0.2) is 23.7 Å². The molecule has 0 saturated heterocycles. The predicted octanol–water partition coefficient (Wildman–Crippen LogP) is 4.14. The van der Waals surface area contributed by atoms with E-state index in [1.807, 2.05) is 0 Å². The van der Waals surface area contributed by atoms with Gasteiger partial charge in [0.2, 0.25) is 0 Å². The zero-order chi connectivity index (χ0) is 20.1. The highest BCUT2D eigenvalue weighted by atomic mass is 16.5. The molecule has 0 fully saturated rings. The number of carbonyl (C=O) groups excluding carboxylic acids is 2. The van der Waals surface area contributed by atoms with Crippen molar-refractivity contribution in [1.82, 2.24) is 5.16 Å². The second-order valence-corrected chi connectivity index (χ2v) is 6.40. The van der Waals surface area contributed by atoms with Crippen LogP contribution in [0.1, 0.15) is 36.8 Å². The molecule has 3 rings (SSSR count). The molecule has 0 aliphatic carbocycles. The van der Waals surface area contributed by atoms with Crippen molar-refractivity contribution in [2.45, 2.75) is 27.4 Å². The summed E-state index contributed by atoms with van der Waals surface area (Å²) in [6, 6.07) is 11.8. The van der Waals surface area contributed by atoms with E-state index in [0.29, 0.717) is 34.9 Å². The summed E-state index contributed by atoms with van der Waals surface area (Å²) in [6.45, 7) is 5.81. The van der Waals surface area contributed by atoms with Crippen molar-refractivity contribution in [3.63, 3.8) is 0 Å². The number of esters is 2. The highest BCUT2D eigenvalue weighted by Gasteiger charge is 2.14. The Morgan fingerprint density at radius 2 is 1.79 bits per heavy atom. The molecule has 0 bridgehead atoms. The smallest absolute Gasteiger partial charge is 0.338 e. The first kappa shape index (κ1) is 19.4. The van der Waals surface area contributed by atoms with Gasteiger partial charge >= 0.3 is 11.9 Å². The number of aromatic nitrogens is 1. The average Bonchev–Trinajstić information content (AvgIpc) is 3.09. The topological polar surface area (TPSA) is 87.9 Å². The van der Waals surface area contributed by atoms with Crippen molar-refractivity contribution in [2.75, 3.05) is 6.61 Å². The third kappa shape index (κ3) is 4.49. The lowest BCUT2D eigenvalue weighted by Crippen LogP contribution is -2.14. The Labute approximate surface area is 162 Å². The molecular weight excluding hydrogens is 362 g/mol. The summed E-state index contributed by atoms with van der Waals surface area (Å²) >= 11 is 0. The number of fused-ring (bicyclic) bond motifs is 1. The fourth-order valence-corrected chi connectivity index (χ4v) is 2.43. The summed E-state index contributed by atoms with van der Waals surface area (Å²) in [7, 11) is 0. The normalized spacial score (nSPS) is 10.9. The van der Waals surface area contributed by atoms with Crippen LogP contribution in [0, 0.1) is 5.92 Å². The summed E-state index contributed by atoms with van der Waals surface area (Å²) in [6.07, 6.45) is 0. The van der Waals surface area contributed by atoms with Gasteiger partial charge in [-0.05, 0) is 43.3 Å². The molecule has 0 aliphatic rings. The van der Waals surface area contributed by atoms with Gasteiger partial charge in [0.25, 0.3) is 0 Å². The first-order valence-corrected chi connectivity index (χ1v) is 8.98. The standard InChI is InChI=1S/C21H21NO6/c1-4-25-21(24)14-5-7-15(8-6-14)26-12-18-17-10-9-16(11-19(17)28-22-18)27-20(23)13(2)3/h5-11,13H,4,12H2,1-3H3. The van der Waals surface area contributed by atoms with Crippen LogP contribution in [0.25, 0.3) is 11.0 Å². The Morgan fingerprint density at radius 1 is 1.07 bits per heavy atom. The zero-order valence-corrected chi connectivity index (χ0v) is 15.9. The van der Waals surface area contributed by atoms with E-state index in [1.54, 1.807) is 63.2 Å². The summed E-state index contributed by atoms with van der Waals surface area (Å²) < 4.78 is 21.3. The number of hydrogen-bond donors (Lipinski definition) is 0. The zero-order valence-electron chi connectivity index (χ0n) is 15.9. The van der Waals surface area contributed by atoms with Crippen LogP contribution >= 0.6 is 0 Å². The molecule has 7 heteroatoms. The van der Waals surface area contributed by atoms with Crippen molar-refractivity contribution < 1.29 is 28.3 Å². The monoisotopic (exact) mass is 383 g/mol. The molecule has 146 valence electrons. The number of hydrogen-bond acceptors (Lipinski definition) is 7. The second-order valence-electron chi connectivity index (χ2n) is 6.40. The Morgan fingerprint density at radius 3 is 2.46 bits per heavy atom. The van der Waals surface area contributed by atoms with E-state index in [-0.39, 0.29) is 24.5 Å². The van der Waals surface area contributed by atoms with Gasteiger partial charge in [-0.1, -0.05) is 19.0 Å². The van der Waals surface area contributed by atoms with Crippen molar-refractivity contribution in [3.8, 4) is 11.5 Å². The maximum absolute atomic E-state index is 11.7. The van der Waals surface area contributed by atoms with Crippen LogP contribution in [0.2, 0.25) is 0 Å². The molecule has 3 aromatic rings. The summed E-state index contributed by atoms with van der Waals surface area (Å²) in [5.41, 5.74) is 1.58.